The molecule has 0 bridgehead atoms. The highest BCUT2D eigenvalue weighted by molar-refractivity contribution is 7.08. The van der Waals surface area contributed by atoms with Crippen molar-refractivity contribution < 1.29 is 4.79 Å². The van der Waals surface area contributed by atoms with E-state index in [1.807, 2.05) is 36.7 Å². The first-order valence-corrected chi connectivity index (χ1v) is 7.02. The Bertz CT molecular complexity index is 741. The number of aldehydes is 1. The number of thiophene rings is 1. The molecular weight excluding hydrogens is 272 g/mol. The molecule has 0 aliphatic carbocycles. The Morgan fingerprint density at radius 2 is 2.00 bits per heavy atom. The van der Waals surface area contributed by atoms with Crippen LogP contribution in [-0.2, 0) is 0 Å². The van der Waals surface area contributed by atoms with Crippen LogP contribution in [0.25, 0.3) is 17.2 Å². The van der Waals surface area contributed by atoms with Gasteiger partial charge in [-0.25, -0.2) is 14.6 Å². The molecule has 3 rings (SSSR count). The van der Waals surface area contributed by atoms with E-state index in [1.54, 1.807) is 22.2 Å². The average molecular weight is 284 g/mol. The maximum Gasteiger partial charge on any atom is 0.250 e. The van der Waals surface area contributed by atoms with E-state index in [2.05, 4.69) is 15.1 Å². The number of hydrogen-bond acceptors (Lipinski definition) is 5. The summed E-state index contributed by atoms with van der Waals surface area (Å²) in [5, 5.41) is 8.36. The predicted octanol–water partition coefficient (Wildman–Crippen LogP) is 2.82. The molecule has 0 N–H and O–H groups in total. The van der Waals surface area contributed by atoms with E-state index >= 15 is 0 Å². The van der Waals surface area contributed by atoms with Gasteiger partial charge >= 0.3 is 0 Å². The minimum absolute atomic E-state index is 0.479. The Hall–Kier alpha value is -2.34. The van der Waals surface area contributed by atoms with E-state index in [4.69, 9.17) is 0 Å². The number of hydrogen-bond donors (Lipinski definition) is 0. The Balaban J connectivity index is 2.14. The van der Waals surface area contributed by atoms with Gasteiger partial charge in [0.05, 0.1) is 5.56 Å². The van der Waals surface area contributed by atoms with Crippen molar-refractivity contribution in [2.75, 3.05) is 0 Å². The molecule has 0 amide bonds. The van der Waals surface area contributed by atoms with Gasteiger partial charge < -0.3 is 0 Å². The van der Waals surface area contributed by atoms with Gasteiger partial charge in [-0.1, -0.05) is 0 Å². The predicted molar refractivity (Wildman–Crippen MR) is 77.3 cm³/mol. The highest BCUT2D eigenvalue weighted by atomic mass is 32.1. The molecule has 0 aromatic carbocycles. The summed E-state index contributed by atoms with van der Waals surface area (Å²) in [5.74, 6) is 0.479. The third kappa shape index (κ3) is 2.25. The summed E-state index contributed by atoms with van der Waals surface area (Å²) in [6.07, 6.45) is 2.47. The van der Waals surface area contributed by atoms with Gasteiger partial charge in [-0.15, -0.1) is 0 Å². The van der Waals surface area contributed by atoms with Crippen molar-refractivity contribution in [3.8, 4) is 17.2 Å². The molecular formula is C14H12N4OS. The van der Waals surface area contributed by atoms with Crippen molar-refractivity contribution in [3.05, 3.63) is 46.0 Å². The molecule has 0 unspecified atom stereocenters. The second kappa shape index (κ2) is 4.97. The zero-order valence-corrected chi connectivity index (χ0v) is 11.9. The maximum absolute atomic E-state index is 11.2. The molecule has 0 atom stereocenters. The van der Waals surface area contributed by atoms with Gasteiger partial charge in [0.25, 0.3) is 5.95 Å². The normalized spacial score (nSPS) is 10.7. The first-order chi connectivity index (χ1) is 9.67. The summed E-state index contributed by atoms with van der Waals surface area (Å²) in [6, 6.07) is 3.83. The van der Waals surface area contributed by atoms with Crippen LogP contribution < -0.4 is 0 Å². The third-order valence-electron chi connectivity index (χ3n) is 2.84. The summed E-state index contributed by atoms with van der Waals surface area (Å²) in [5.41, 5.74) is 3.86. The molecule has 0 fully saturated rings. The van der Waals surface area contributed by atoms with Gasteiger partial charge in [0, 0.05) is 28.5 Å². The van der Waals surface area contributed by atoms with Crippen molar-refractivity contribution in [3.63, 3.8) is 0 Å². The minimum atomic E-state index is 0.479. The number of nitrogens with zero attached hydrogens (tertiary/aromatic N) is 4. The van der Waals surface area contributed by atoms with E-state index in [0.717, 1.165) is 23.2 Å². The maximum atomic E-state index is 11.2. The van der Waals surface area contributed by atoms with Crippen LogP contribution in [-0.4, -0.2) is 26.0 Å². The molecule has 0 radical (unpaired) electrons. The van der Waals surface area contributed by atoms with E-state index in [-0.39, 0.29) is 0 Å². The Kier molecular flexibility index (Phi) is 3.15. The monoisotopic (exact) mass is 284 g/mol. The Labute approximate surface area is 119 Å². The fourth-order valence-electron chi connectivity index (χ4n) is 2.01. The summed E-state index contributed by atoms with van der Waals surface area (Å²) < 4.78 is 1.55. The lowest BCUT2D eigenvalue weighted by atomic mass is 10.2. The summed E-state index contributed by atoms with van der Waals surface area (Å²) in [4.78, 5) is 19.9. The molecule has 20 heavy (non-hydrogen) atoms. The number of aryl methyl sites for hydroxylation is 2. The smallest absolute Gasteiger partial charge is 0.250 e. The van der Waals surface area contributed by atoms with Crippen LogP contribution in [0.3, 0.4) is 0 Å². The van der Waals surface area contributed by atoms with Crippen molar-refractivity contribution in [1.29, 1.82) is 0 Å². The minimum Gasteiger partial charge on any atom is -0.298 e. The molecule has 6 heteroatoms. The van der Waals surface area contributed by atoms with Crippen LogP contribution in [0.5, 0.6) is 0 Å². The zero-order valence-electron chi connectivity index (χ0n) is 11.1. The van der Waals surface area contributed by atoms with Crippen molar-refractivity contribution >= 4 is 17.6 Å². The Morgan fingerprint density at radius 1 is 1.25 bits per heavy atom. The Morgan fingerprint density at radius 3 is 2.60 bits per heavy atom. The van der Waals surface area contributed by atoms with Gasteiger partial charge in [0.15, 0.2) is 6.29 Å². The highest BCUT2D eigenvalue weighted by Gasteiger charge is 2.13. The molecule has 0 aliphatic heterocycles. The van der Waals surface area contributed by atoms with Crippen molar-refractivity contribution in [2.24, 2.45) is 0 Å². The molecule has 100 valence electrons. The van der Waals surface area contributed by atoms with Gasteiger partial charge in [-0.3, -0.25) is 4.79 Å². The van der Waals surface area contributed by atoms with Crippen LogP contribution >= 0.6 is 11.3 Å². The molecule has 3 aromatic rings. The number of rotatable bonds is 3. The fourth-order valence-corrected chi connectivity index (χ4v) is 2.65. The second-order valence-corrected chi connectivity index (χ2v) is 5.24. The third-order valence-corrected chi connectivity index (χ3v) is 3.52. The van der Waals surface area contributed by atoms with E-state index in [1.165, 1.54) is 0 Å². The molecule has 3 aromatic heterocycles. The van der Waals surface area contributed by atoms with Gasteiger partial charge in [-0.05, 0) is 31.4 Å². The SMILES string of the molecule is Cc1cc(C)nc(-n2cc(C=O)c(-c3ccsc3)n2)n1. The van der Waals surface area contributed by atoms with Crippen LogP contribution in [0, 0.1) is 13.8 Å². The quantitative estimate of drug-likeness (QED) is 0.694. The largest absolute Gasteiger partial charge is 0.298 e. The van der Waals surface area contributed by atoms with Crippen LogP contribution in [0.15, 0.2) is 29.1 Å². The van der Waals surface area contributed by atoms with Crippen LogP contribution in [0.1, 0.15) is 21.7 Å². The summed E-state index contributed by atoms with van der Waals surface area (Å²) >= 11 is 1.57. The first kappa shape index (κ1) is 12.7. The molecule has 0 saturated carbocycles. The lowest BCUT2D eigenvalue weighted by molar-refractivity contribution is 0.112. The summed E-state index contributed by atoms with van der Waals surface area (Å²) in [7, 11) is 0. The lowest BCUT2D eigenvalue weighted by Crippen LogP contribution is -2.04. The molecule has 0 saturated heterocycles. The number of carbonyl (C=O) groups excluding carboxylic acids is 1. The molecule has 0 aliphatic rings. The summed E-state index contributed by atoms with van der Waals surface area (Å²) in [6.45, 7) is 3.81. The lowest BCUT2D eigenvalue weighted by Gasteiger charge is -2.02. The fraction of sp³-hybridized carbons (Fsp3) is 0.143. The van der Waals surface area contributed by atoms with E-state index in [0.29, 0.717) is 17.2 Å². The topological polar surface area (TPSA) is 60.7 Å². The second-order valence-electron chi connectivity index (χ2n) is 4.46. The van der Waals surface area contributed by atoms with Gasteiger partial charge in [-0.2, -0.15) is 16.4 Å². The van der Waals surface area contributed by atoms with Crippen molar-refractivity contribution in [2.45, 2.75) is 13.8 Å². The first-order valence-electron chi connectivity index (χ1n) is 6.07. The van der Waals surface area contributed by atoms with Gasteiger partial charge in [0.2, 0.25) is 0 Å². The molecule has 5 nitrogen and oxygen atoms in total. The molecule has 0 spiro atoms. The number of carbonyl (C=O) groups is 1. The number of aromatic nitrogens is 4. The standard InChI is InChI=1S/C14H12N4OS/c1-9-5-10(2)16-14(15-9)18-6-12(7-19)13(17-18)11-3-4-20-8-11/h3-8H,1-2H3. The average Bonchev–Trinajstić information content (AvgIpc) is 3.06. The van der Waals surface area contributed by atoms with Crippen molar-refractivity contribution in [1.82, 2.24) is 19.7 Å². The van der Waals surface area contributed by atoms with Crippen LogP contribution in [0.2, 0.25) is 0 Å². The highest BCUT2D eigenvalue weighted by Crippen LogP contribution is 2.24. The molecule has 3 heterocycles. The zero-order chi connectivity index (χ0) is 14.1. The van der Waals surface area contributed by atoms with E-state index in [9.17, 15) is 4.79 Å². The van der Waals surface area contributed by atoms with Gasteiger partial charge in [0.1, 0.15) is 5.69 Å². The van der Waals surface area contributed by atoms with E-state index < -0.39 is 0 Å². The van der Waals surface area contributed by atoms with Crippen LogP contribution in [0.4, 0.5) is 0 Å².